The van der Waals surface area contributed by atoms with Crippen LogP contribution in [0.25, 0.3) is 0 Å². The monoisotopic (exact) mass is 265 g/mol. The molecular weight excluding hydrogens is 250 g/mol. The van der Waals surface area contributed by atoms with Gasteiger partial charge in [0, 0.05) is 17.8 Å². The molecule has 0 amide bonds. The zero-order valence-corrected chi connectivity index (χ0v) is 11.2. The second-order valence-electron chi connectivity index (χ2n) is 3.93. The highest BCUT2D eigenvalue weighted by atomic mass is 32.2. The molecule has 1 N–H and O–H groups in total. The van der Waals surface area contributed by atoms with Gasteiger partial charge in [-0.05, 0) is 37.5 Å². The third-order valence-corrected chi connectivity index (χ3v) is 3.13. The van der Waals surface area contributed by atoms with Crippen LogP contribution in [0.15, 0.2) is 18.2 Å². The molecule has 0 saturated carbocycles. The Morgan fingerprint density at radius 1 is 1.61 bits per heavy atom. The van der Waals surface area contributed by atoms with Crippen LogP contribution in [0.1, 0.15) is 18.9 Å². The SMILES string of the molecule is CSCCC(C)Nc1ccc([N+](=O)[O-])c(C#N)c1. The number of anilines is 1. The van der Waals surface area contributed by atoms with E-state index in [0.29, 0.717) is 0 Å². The summed E-state index contributed by atoms with van der Waals surface area (Å²) in [7, 11) is 0. The molecule has 0 aliphatic carbocycles. The highest BCUT2D eigenvalue weighted by Gasteiger charge is 2.14. The standard InChI is InChI=1S/C12H15N3O2S/c1-9(5-6-18-2)14-11-3-4-12(15(16)17)10(7-11)8-13/h3-4,7,9,14H,5-6H2,1-2H3. The summed E-state index contributed by atoms with van der Waals surface area (Å²) in [5.74, 6) is 1.05. The van der Waals surface area contributed by atoms with Gasteiger partial charge in [-0.2, -0.15) is 17.0 Å². The maximum absolute atomic E-state index is 10.7. The van der Waals surface area contributed by atoms with Gasteiger partial charge in [-0.25, -0.2) is 0 Å². The van der Waals surface area contributed by atoms with Gasteiger partial charge in [0.15, 0.2) is 0 Å². The van der Waals surface area contributed by atoms with Crippen molar-refractivity contribution in [2.45, 2.75) is 19.4 Å². The number of hydrogen-bond acceptors (Lipinski definition) is 5. The predicted octanol–water partition coefficient (Wildman–Crippen LogP) is 3.02. The van der Waals surface area contributed by atoms with E-state index in [4.69, 9.17) is 5.26 Å². The minimum atomic E-state index is -0.542. The van der Waals surface area contributed by atoms with E-state index >= 15 is 0 Å². The first-order valence-corrected chi connectivity index (χ1v) is 6.92. The normalized spacial score (nSPS) is 11.6. The Balaban J connectivity index is 2.80. The van der Waals surface area contributed by atoms with Crippen molar-refractivity contribution < 1.29 is 4.92 Å². The molecule has 0 aliphatic heterocycles. The molecule has 0 heterocycles. The molecule has 1 atom stereocenters. The molecule has 1 aromatic carbocycles. The highest BCUT2D eigenvalue weighted by Crippen LogP contribution is 2.22. The number of rotatable bonds is 6. The van der Waals surface area contributed by atoms with Crippen molar-refractivity contribution in [3.8, 4) is 6.07 Å². The van der Waals surface area contributed by atoms with E-state index in [2.05, 4.69) is 5.32 Å². The maximum atomic E-state index is 10.7. The average molecular weight is 265 g/mol. The van der Waals surface area contributed by atoms with Gasteiger partial charge in [0.1, 0.15) is 11.6 Å². The number of nitriles is 1. The molecule has 0 fully saturated rings. The van der Waals surface area contributed by atoms with Crippen LogP contribution in [-0.2, 0) is 0 Å². The summed E-state index contributed by atoms with van der Waals surface area (Å²) in [6.07, 6.45) is 3.05. The fourth-order valence-corrected chi connectivity index (χ4v) is 2.12. The first-order chi connectivity index (χ1) is 8.58. The number of nitro groups is 1. The predicted molar refractivity (Wildman–Crippen MR) is 73.9 cm³/mol. The molecule has 0 bridgehead atoms. The van der Waals surface area contributed by atoms with Crippen molar-refractivity contribution in [1.29, 1.82) is 5.26 Å². The number of benzene rings is 1. The van der Waals surface area contributed by atoms with Crippen LogP contribution in [-0.4, -0.2) is 23.0 Å². The lowest BCUT2D eigenvalue weighted by atomic mass is 10.1. The first kappa shape index (κ1) is 14.3. The lowest BCUT2D eigenvalue weighted by Crippen LogP contribution is -2.16. The number of nitro benzene ring substituents is 1. The molecule has 0 spiro atoms. The van der Waals surface area contributed by atoms with E-state index in [0.717, 1.165) is 17.9 Å². The fraction of sp³-hybridized carbons (Fsp3) is 0.417. The smallest absolute Gasteiger partial charge is 0.287 e. The summed E-state index contributed by atoms with van der Waals surface area (Å²) < 4.78 is 0. The Labute approximate surface area is 110 Å². The van der Waals surface area contributed by atoms with Crippen LogP contribution in [0.5, 0.6) is 0 Å². The van der Waals surface area contributed by atoms with Crippen molar-refractivity contribution in [3.05, 3.63) is 33.9 Å². The summed E-state index contributed by atoms with van der Waals surface area (Å²) in [5.41, 5.74) is 0.674. The molecule has 5 nitrogen and oxygen atoms in total. The van der Waals surface area contributed by atoms with Crippen molar-refractivity contribution in [2.24, 2.45) is 0 Å². The Morgan fingerprint density at radius 2 is 2.33 bits per heavy atom. The van der Waals surface area contributed by atoms with Crippen molar-refractivity contribution in [1.82, 2.24) is 0 Å². The Bertz CT molecular complexity index is 471. The Hall–Kier alpha value is -1.74. The third kappa shape index (κ3) is 3.93. The molecule has 18 heavy (non-hydrogen) atoms. The molecular formula is C12H15N3O2S. The molecule has 6 heteroatoms. The van der Waals surface area contributed by atoms with Crippen LogP contribution in [0.3, 0.4) is 0 Å². The van der Waals surface area contributed by atoms with Gasteiger partial charge in [-0.3, -0.25) is 10.1 Å². The number of nitrogens with zero attached hydrogens (tertiary/aromatic N) is 2. The second kappa shape index (κ2) is 6.87. The van der Waals surface area contributed by atoms with Crippen LogP contribution in [0.4, 0.5) is 11.4 Å². The van der Waals surface area contributed by atoms with Crippen molar-refractivity contribution in [3.63, 3.8) is 0 Å². The van der Waals surface area contributed by atoms with E-state index in [-0.39, 0.29) is 17.3 Å². The van der Waals surface area contributed by atoms with Crippen LogP contribution in [0.2, 0.25) is 0 Å². The summed E-state index contributed by atoms with van der Waals surface area (Å²) in [6.45, 7) is 2.05. The molecule has 0 saturated heterocycles. The van der Waals surface area contributed by atoms with E-state index in [1.807, 2.05) is 19.2 Å². The van der Waals surface area contributed by atoms with Crippen LogP contribution < -0.4 is 5.32 Å². The topological polar surface area (TPSA) is 79.0 Å². The van der Waals surface area contributed by atoms with E-state index < -0.39 is 4.92 Å². The quantitative estimate of drug-likeness (QED) is 0.631. The molecule has 0 aromatic heterocycles. The van der Waals surface area contributed by atoms with Gasteiger partial charge in [0.2, 0.25) is 0 Å². The summed E-state index contributed by atoms with van der Waals surface area (Å²) in [6, 6.07) is 6.64. The van der Waals surface area contributed by atoms with Gasteiger partial charge < -0.3 is 5.32 Å². The molecule has 1 aromatic rings. The van der Waals surface area contributed by atoms with Gasteiger partial charge in [0.05, 0.1) is 4.92 Å². The average Bonchev–Trinajstić information content (AvgIpc) is 2.35. The van der Waals surface area contributed by atoms with Gasteiger partial charge in [-0.15, -0.1) is 0 Å². The van der Waals surface area contributed by atoms with Crippen molar-refractivity contribution in [2.75, 3.05) is 17.3 Å². The van der Waals surface area contributed by atoms with Crippen LogP contribution in [0, 0.1) is 21.4 Å². The van der Waals surface area contributed by atoms with Gasteiger partial charge in [-0.1, -0.05) is 0 Å². The van der Waals surface area contributed by atoms with E-state index in [1.165, 1.54) is 12.1 Å². The number of hydrogen-bond donors (Lipinski definition) is 1. The second-order valence-corrected chi connectivity index (χ2v) is 4.91. The molecule has 0 radical (unpaired) electrons. The number of thioether (sulfide) groups is 1. The minimum Gasteiger partial charge on any atom is -0.383 e. The van der Waals surface area contributed by atoms with Gasteiger partial charge >= 0.3 is 0 Å². The zero-order chi connectivity index (χ0) is 13.5. The third-order valence-electron chi connectivity index (χ3n) is 2.48. The van der Waals surface area contributed by atoms with Gasteiger partial charge in [0.25, 0.3) is 5.69 Å². The Kier molecular flexibility index (Phi) is 5.46. The molecule has 1 unspecified atom stereocenters. The van der Waals surface area contributed by atoms with E-state index in [9.17, 15) is 10.1 Å². The Morgan fingerprint density at radius 3 is 2.89 bits per heavy atom. The minimum absolute atomic E-state index is 0.0852. The first-order valence-electron chi connectivity index (χ1n) is 5.52. The van der Waals surface area contributed by atoms with Crippen LogP contribution >= 0.6 is 11.8 Å². The summed E-state index contributed by atoms with van der Waals surface area (Å²) in [5, 5.41) is 22.8. The highest BCUT2D eigenvalue weighted by molar-refractivity contribution is 7.98. The number of nitrogens with one attached hydrogen (secondary N) is 1. The largest absolute Gasteiger partial charge is 0.383 e. The van der Waals surface area contributed by atoms with E-state index in [1.54, 1.807) is 17.8 Å². The summed E-state index contributed by atoms with van der Waals surface area (Å²) >= 11 is 1.77. The lowest BCUT2D eigenvalue weighted by molar-refractivity contribution is -0.385. The fourth-order valence-electron chi connectivity index (χ4n) is 1.53. The lowest BCUT2D eigenvalue weighted by Gasteiger charge is -2.14. The zero-order valence-electron chi connectivity index (χ0n) is 10.3. The van der Waals surface area contributed by atoms with Crippen molar-refractivity contribution >= 4 is 23.1 Å². The molecule has 0 aliphatic rings. The summed E-state index contributed by atoms with van der Waals surface area (Å²) in [4.78, 5) is 10.1. The maximum Gasteiger partial charge on any atom is 0.287 e. The molecule has 96 valence electrons. The molecule has 1 rings (SSSR count).